The van der Waals surface area contributed by atoms with Gasteiger partial charge in [0.25, 0.3) is 0 Å². The molecule has 0 fully saturated rings. The summed E-state index contributed by atoms with van der Waals surface area (Å²) in [5, 5.41) is 14.4. The van der Waals surface area contributed by atoms with E-state index in [-0.39, 0.29) is 5.88 Å². The second kappa shape index (κ2) is 4.00. The molecule has 1 N–H and O–H groups in total. The minimum absolute atomic E-state index is 0.237. The zero-order valence-electron chi connectivity index (χ0n) is 9.86. The average molecular weight is 216 g/mol. The zero-order valence-corrected chi connectivity index (χ0v) is 9.86. The molecular formula is C13H16N2O. The van der Waals surface area contributed by atoms with E-state index in [2.05, 4.69) is 5.10 Å². The van der Waals surface area contributed by atoms with Gasteiger partial charge in [0.15, 0.2) is 0 Å². The molecule has 2 rings (SSSR count). The van der Waals surface area contributed by atoms with Gasteiger partial charge in [-0.15, -0.1) is 0 Å². The van der Waals surface area contributed by atoms with Crippen LogP contribution in [0.2, 0.25) is 0 Å². The fourth-order valence-electron chi connectivity index (χ4n) is 1.73. The van der Waals surface area contributed by atoms with Crippen molar-refractivity contribution in [3.05, 3.63) is 41.1 Å². The number of rotatable bonds is 2. The molecule has 84 valence electrons. The standard InChI is InChI=1S/C13H16N2O/c1-4-12-10(3)13(16)15(14-12)11-7-5-9(2)6-8-11/h5-8,16H,4H2,1-3H3. The molecule has 0 saturated carbocycles. The molecular weight excluding hydrogens is 200 g/mol. The molecule has 1 aromatic heterocycles. The zero-order chi connectivity index (χ0) is 11.7. The van der Waals surface area contributed by atoms with E-state index >= 15 is 0 Å². The summed E-state index contributed by atoms with van der Waals surface area (Å²) < 4.78 is 1.59. The second-order valence-electron chi connectivity index (χ2n) is 4.00. The van der Waals surface area contributed by atoms with Crippen LogP contribution in [0.3, 0.4) is 0 Å². The van der Waals surface area contributed by atoms with Crippen LogP contribution < -0.4 is 0 Å². The second-order valence-corrected chi connectivity index (χ2v) is 4.00. The lowest BCUT2D eigenvalue weighted by atomic mass is 10.2. The van der Waals surface area contributed by atoms with E-state index in [0.717, 1.165) is 23.4 Å². The first-order chi connectivity index (χ1) is 7.63. The summed E-state index contributed by atoms with van der Waals surface area (Å²) in [6, 6.07) is 7.94. The fourth-order valence-corrected chi connectivity index (χ4v) is 1.73. The Hall–Kier alpha value is -1.77. The third kappa shape index (κ3) is 1.69. The number of benzene rings is 1. The Morgan fingerprint density at radius 2 is 1.81 bits per heavy atom. The molecule has 0 saturated heterocycles. The van der Waals surface area contributed by atoms with Crippen molar-refractivity contribution in [3.63, 3.8) is 0 Å². The van der Waals surface area contributed by atoms with Gasteiger partial charge in [0.05, 0.1) is 11.4 Å². The Labute approximate surface area is 95.3 Å². The van der Waals surface area contributed by atoms with E-state index in [9.17, 15) is 5.11 Å². The summed E-state index contributed by atoms with van der Waals surface area (Å²) in [6.07, 6.45) is 0.832. The van der Waals surface area contributed by atoms with E-state index in [4.69, 9.17) is 0 Å². The summed E-state index contributed by atoms with van der Waals surface area (Å²) in [4.78, 5) is 0. The first kappa shape index (κ1) is 10.7. The maximum atomic E-state index is 9.97. The summed E-state index contributed by atoms with van der Waals surface area (Å²) >= 11 is 0. The van der Waals surface area contributed by atoms with Crippen molar-refractivity contribution in [1.29, 1.82) is 0 Å². The monoisotopic (exact) mass is 216 g/mol. The number of aromatic hydroxyl groups is 1. The molecule has 0 aliphatic rings. The summed E-state index contributed by atoms with van der Waals surface area (Å²) in [5.74, 6) is 0.237. The Balaban J connectivity index is 2.52. The van der Waals surface area contributed by atoms with Gasteiger partial charge in [-0.1, -0.05) is 24.6 Å². The van der Waals surface area contributed by atoms with Crippen molar-refractivity contribution in [2.24, 2.45) is 0 Å². The molecule has 0 spiro atoms. The van der Waals surface area contributed by atoms with E-state index in [1.165, 1.54) is 5.56 Å². The highest BCUT2D eigenvalue weighted by atomic mass is 16.3. The SMILES string of the molecule is CCc1nn(-c2ccc(C)cc2)c(O)c1C. The van der Waals surface area contributed by atoms with Crippen LogP contribution in [0.5, 0.6) is 5.88 Å². The molecule has 1 heterocycles. The molecule has 0 atom stereocenters. The van der Waals surface area contributed by atoms with Crippen molar-refractivity contribution in [1.82, 2.24) is 9.78 Å². The van der Waals surface area contributed by atoms with Crippen LogP contribution in [-0.2, 0) is 6.42 Å². The van der Waals surface area contributed by atoms with Crippen LogP contribution in [-0.4, -0.2) is 14.9 Å². The van der Waals surface area contributed by atoms with E-state index in [1.807, 2.05) is 45.0 Å². The van der Waals surface area contributed by atoms with Gasteiger partial charge in [0.2, 0.25) is 5.88 Å². The molecule has 1 aromatic carbocycles. The smallest absolute Gasteiger partial charge is 0.217 e. The van der Waals surface area contributed by atoms with Crippen molar-refractivity contribution in [2.75, 3.05) is 0 Å². The largest absolute Gasteiger partial charge is 0.493 e. The Bertz CT molecular complexity index is 497. The lowest BCUT2D eigenvalue weighted by molar-refractivity contribution is 0.430. The fraction of sp³-hybridized carbons (Fsp3) is 0.308. The molecule has 3 heteroatoms. The van der Waals surface area contributed by atoms with Crippen LogP contribution >= 0.6 is 0 Å². The van der Waals surface area contributed by atoms with Gasteiger partial charge < -0.3 is 5.11 Å². The van der Waals surface area contributed by atoms with Crippen LogP contribution in [0, 0.1) is 13.8 Å². The van der Waals surface area contributed by atoms with Crippen LogP contribution in [0.1, 0.15) is 23.7 Å². The van der Waals surface area contributed by atoms with Gasteiger partial charge in [0, 0.05) is 5.56 Å². The third-order valence-electron chi connectivity index (χ3n) is 2.80. The molecule has 0 radical (unpaired) electrons. The number of hydrogen-bond acceptors (Lipinski definition) is 2. The summed E-state index contributed by atoms with van der Waals surface area (Å²) in [5.41, 5.74) is 3.90. The van der Waals surface area contributed by atoms with Crippen molar-refractivity contribution in [2.45, 2.75) is 27.2 Å². The molecule has 16 heavy (non-hydrogen) atoms. The highest BCUT2D eigenvalue weighted by Gasteiger charge is 2.12. The predicted octanol–water partition coefficient (Wildman–Crippen LogP) is 2.76. The topological polar surface area (TPSA) is 38.0 Å². The van der Waals surface area contributed by atoms with Gasteiger partial charge >= 0.3 is 0 Å². The molecule has 0 unspecified atom stereocenters. The highest BCUT2D eigenvalue weighted by molar-refractivity contribution is 5.41. The normalized spacial score (nSPS) is 10.7. The maximum Gasteiger partial charge on any atom is 0.217 e. The number of aryl methyl sites for hydroxylation is 2. The third-order valence-corrected chi connectivity index (χ3v) is 2.80. The lowest BCUT2D eigenvalue weighted by Crippen LogP contribution is -1.96. The van der Waals surface area contributed by atoms with Crippen molar-refractivity contribution < 1.29 is 5.11 Å². The predicted molar refractivity (Wildman–Crippen MR) is 64.1 cm³/mol. The molecule has 0 bridgehead atoms. The lowest BCUT2D eigenvalue weighted by Gasteiger charge is -2.03. The van der Waals surface area contributed by atoms with E-state index in [1.54, 1.807) is 4.68 Å². The summed E-state index contributed by atoms with van der Waals surface area (Å²) in [6.45, 7) is 5.97. The minimum Gasteiger partial charge on any atom is -0.493 e. The van der Waals surface area contributed by atoms with Gasteiger partial charge in [-0.25, -0.2) is 4.68 Å². The maximum absolute atomic E-state index is 9.97. The highest BCUT2D eigenvalue weighted by Crippen LogP contribution is 2.24. The Kier molecular flexibility index (Phi) is 2.69. The molecule has 0 aliphatic carbocycles. The number of aromatic nitrogens is 2. The summed E-state index contributed by atoms with van der Waals surface area (Å²) in [7, 11) is 0. The Morgan fingerprint density at radius 1 is 1.19 bits per heavy atom. The molecule has 0 amide bonds. The quantitative estimate of drug-likeness (QED) is 0.838. The van der Waals surface area contributed by atoms with Gasteiger partial charge in [-0.3, -0.25) is 0 Å². The first-order valence-corrected chi connectivity index (χ1v) is 5.48. The molecule has 2 aromatic rings. The minimum atomic E-state index is 0.237. The number of hydrogen-bond donors (Lipinski definition) is 1. The molecule has 0 aliphatic heterocycles. The number of nitrogens with zero attached hydrogens (tertiary/aromatic N) is 2. The van der Waals surface area contributed by atoms with Gasteiger partial charge in [-0.05, 0) is 32.4 Å². The first-order valence-electron chi connectivity index (χ1n) is 5.48. The van der Waals surface area contributed by atoms with Crippen LogP contribution in [0.4, 0.5) is 0 Å². The Morgan fingerprint density at radius 3 is 2.31 bits per heavy atom. The van der Waals surface area contributed by atoms with Crippen LogP contribution in [0.25, 0.3) is 5.69 Å². The van der Waals surface area contributed by atoms with E-state index < -0.39 is 0 Å². The van der Waals surface area contributed by atoms with Crippen LogP contribution in [0.15, 0.2) is 24.3 Å². The van der Waals surface area contributed by atoms with Crippen molar-refractivity contribution >= 4 is 0 Å². The molecule has 3 nitrogen and oxygen atoms in total. The van der Waals surface area contributed by atoms with Gasteiger partial charge in [0.1, 0.15) is 0 Å². The van der Waals surface area contributed by atoms with Crippen molar-refractivity contribution in [3.8, 4) is 11.6 Å². The average Bonchev–Trinajstić information content (AvgIpc) is 2.57. The van der Waals surface area contributed by atoms with Gasteiger partial charge in [-0.2, -0.15) is 5.10 Å². The van der Waals surface area contributed by atoms with E-state index in [0.29, 0.717) is 0 Å².